The molecule has 0 heterocycles. The van der Waals surface area contributed by atoms with Crippen molar-refractivity contribution < 1.29 is 14.0 Å². The van der Waals surface area contributed by atoms with Crippen LogP contribution in [0, 0.1) is 5.82 Å². The molecule has 0 radical (unpaired) electrons. The van der Waals surface area contributed by atoms with Gasteiger partial charge in [-0.15, -0.1) is 0 Å². The summed E-state index contributed by atoms with van der Waals surface area (Å²) >= 11 is 11.9. The summed E-state index contributed by atoms with van der Waals surface area (Å²) in [5.41, 5.74) is 0.997. The first-order valence-electron chi connectivity index (χ1n) is 7.15. The lowest BCUT2D eigenvalue weighted by Crippen LogP contribution is -2.38. The number of rotatable bonds is 5. The van der Waals surface area contributed by atoms with E-state index < -0.39 is 11.7 Å². The molecule has 1 unspecified atom stereocenters. The van der Waals surface area contributed by atoms with E-state index in [0.717, 1.165) is 5.56 Å². The third-order valence-electron chi connectivity index (χ3n) is 3.32. The summed E-state index contributed by atoms with van der Waals surface area (Å²) < 4.78 is 12.8. The van der Waals surface area contributed by atoms with Gasteiger partial charge in [0.05, 0.1) is 12.6 Å². The van der Waals surface area contributed by atoms with E-state index in [-0.39, 0.29) is 24.1 Å². The molecule has 0 saturated heterocycles. The molecule has 24 heavy (non-hydrogen) atoms. The molecule has 0 aliphatic carbocycles. The largest absolute Gasteiger partial charge is 0.348 e. The van der Waals surface area contributed by atoms with Gasteiger partial charge in [0.15, 0.2) is 0 Å². The lowest BCUT2D eigenvalue weighted by molar-refractivity contribution is -0.120. The molecular weight excluding hydrogens is 354 g/mol. The minimum Gasteiger partial charge on any atom is -0.348 e. The van der Waals surface area contributed by atoms with Gasteiger partial charge in [0.1, 0.15) is 5.82 Å². The highest BCUT2D eigenvalue weighted by Crippen LogP contribution is 2.25. The first-order valence-corrected chi connectivity index (χ1v) is 7.90. The van der Waals surface area contributed by atoms with Gasteiger partial charge in [0, 0.05) is 15.6 Å². The maximum absolute atomic E-state index is 12.8. The molecule has 0 fully saturated rings. The van der Waals surface area contributed by atoms with Crippen LogP contribution in [0.4, 0.5) is 4.39 Å². The van der Waals surface area contributed by atoms with Gasteiger partial charge >= 0.3 is 0 Å². The summed E-state index contributed by atoms with van der Waals surface area (Å²) in [5.74, 6) is -1.26. The zero-order valence-corrected chi connectivity index (χ0v) is 14.3. The monoisotopic (exact) mass is 368 g/mol. The molecule has 4 nitrogen and oxygen atoms in total. The predicted molar refractivity (Wildman–Crippen MR) is 91.8 cm³/mol. The highest BCUT2D eigenvalue weighted by molar-refractivity contribution is 6.35. The average molecular weight is 369 g/mol. The fourth-order valence-corrected chi connectivity index (χ4v) is 2.66. The summed E-state index contributed by atoms with van der Waals surface area (Å²) in [5, 5.41) is 6.16. The Morgan fingerprint density at radius 2 is 1.79 bits per heavy atom. The third kappa shape index (κ3) is 4.94. The molecule has 1 atom stereocenters. The summed E-state index contributed by atoms with van der Waals surface area (Å²) in [6.07, 6.45) is 0. The Hall–Kier alpha value is -2.11. The predicted octanol–water partition coefficient (Wildman–Crippen LogP) is 3.74. The molecular formula is C17H15Cl2FN2O2. The van der Waals surface area contributed by atoms with Gasteiger partial charge in [-0.2, -0.15) is 0 Å². The van der Waals surface area contributed by atoms with Crippen molar-refractivity contribution in [2.24, 2.45) is 0 Å². The molecule has 7 heteroatoms. The summed E-state index contributed by atoms with van der Waals surface area (Å²) in [7, 11) is 0. The average Bonchev–Trinajstić information content (AvgIpc) is 2.53. The minimum absolute atomic E-state index is 0.203. The number of carbonyl (C=O) groups excluding carboxylic acids is 2. The Morgan fingerprint density at radius 3 is 2.42 bits per heavy atom. The standard InChI is InChI=1S/C17H15Cl2FN2O2/c1-10(14-7-4-12(18)8-15(14)19)22-16(23)9-21-17(24)11-2-5-13(20)6-3-11/h2-8,10H,9H2,1H3,(H,21,24)(H,22,23). The van der Waals surface area contributed by atoms with Crippen LogP contribution in [0.3, 0.4) is 0 Å². The van der Waals surface area contributed by atoms with Crippen molar-refractivity contribution in [3.05, 3.63) is 69.5 Å². The van der Waals surface area contributed by atoms with Crippen LogP contribution in [0.2, 0.25) is 10.0 Å². The Labute approximate surface area is 149 Å². The van der Waals surface area contributed by atoms with Crippen LogP contribution in [0.15, 0.2) is 42.5 Å². The van der Waals surface area contributed by atoms with Crippen LogP contribution in [-0.2, 0) is 4.79 Å². The fraction of sp³-hybridized carbons (Fsp3) is 0.176. The Balaban J connectivity index is 1.88. The van der Waals surface area contributed by atoms with Gasteiger partial charge in [-0.05, 0) is 48.9 Å². The van der Waals surface area contributed by atoms with Crippen LogP contribution in [0.25, 0.3) is 0 Å². The van der Waals surface area contributed by atoms with E-state index in [9.17, 15) is 14.0 Å². The van der Waals surface area contributed by atoms with E-state index in [1.54, 1.807) is 25.1 Å². The first kappa shape index (κ1) is 18.2. The molecule has 2 N–H and O–H groups in total. The Morgan fingerprint density at radius 1 is 1.12 bits per heavy atom. The maximum Gasteiger partial charge on any atom is 0.251 e. The van der Waals surface area contributed by atoms with E-state index in [4.69, 9.17) is 23.2 Å². The van der Waals surface area contributed by atoms with Crippen LogP contribution in [-0.4, -0.2) is 18.4 Å². The van der Waals surface area contributed by atoms with E-state index in [1.807, 2.05) is 0 Å². The maximum atomic E-state index is 12.8. The van der Waals surface area contributed by atoms with Crippen LogP contribution in [0.1, 0.15) is 28.9 Å². The number of amides is 2. The second-order valence-corrected chi connectivity index (χ2v) is 5.99. The zero-order chi connectivity index (χ0) is 17.7. The third-order valence-corrected chi connectivity index (χ3v) is 3.88. The summed E-state index contributed by atoms with van der Waals surface area (Å²) in [6.45, 7) is 1.57. The van der Waals surface area contributed by atoms with Crippen LogP contribution < -0.4 is 10.6 Å². The van der Waals surface area contributed by atoms with Crippen molar-refractivity contribution in [3.63, 3.8) is 0 Å². The molecule has 0 bridgehead atoms. The SMILES string of the molecule is CC(NC(=O)CNC(=O)c1ccc(F)cc1)c1ccc(Cl)cc1Cl. The minimum atomic E-state index is -0.456. The van der Waals surface area contributed by atoms with Crippen molar-refractivity contribution >= 4 is 35.0 Å². The van der Waals surface area contributed by atoms with Crippen LogP contribution >= 0.6 is 23.2 Å². The molecule has 2 aromatic carbocycles. The number of carbonyl (C=O) groups is 2. The molecule has 2 rings (SSSR count). The Bertz CT molecular complexity index is 751. The molecule has 0 saturated carbocycles. The smallest absolute Gasteiger partial charge is 0.251 e. The summed E-state index contributed by atoms with van der Waals surface area (Å²) in [4.78, 5) is 23.8. The van der Waals surface area contributed by atoms with Crippen molar-refractivity contribution in [1.82, 2.24) is 10.6 Å². The van der Waals surface area contributed by atoms with E-state index in [1.165, 1.54) is 24.3 Å². The van der Waals surface area contributed by atoms with Gasteiger partial charge in [-0.1, -0.05) is 29.3 Å². The van der Waals surface area contributed by atoms with Crippen molar-refractivity contribution in [1.29, 1.82) is 0 Å². The second kappa shape index (κ2) is 8.13. The quantitative estimate of drug-likeness (QED) is 0.844. The Kier molecular flexibility index (Phi) is 6.17. The highest BCUT2D eigenvalue weighted by Gasteiger charge is 2.14. The van der Waals surface area contributed by atoms with Gasteiger partial charge in [0.2, 0.25) is 5.91 Å². The highest BCUT2D eigenvalue weighted by atomic mass is 35.5. The van der Waals surface area contributed by atoms with E-state index in [2.05, 4.69) is 10.6 Å². The van der Waals surface area contributed by atoms with Gasteiger partial charge in [-0.3, -0.25) is 9.59 Å². The number of benzene rings is 2. The number of nitrogens with one attached hydrogen (secondary N) is 2. The van der Waals surface area contributed by atoms with Crippen molar-refractivity contribution in [2.45, 2.75) is 13.0 Å². The number of halogens is 3. The van der Waals surface area contributed by atoms with Crippen molar-refractivity contribution in [3.8, 4) is 0 Å². The number of hydrogen-bond acceptors (Lipinski definition) is 2. The summed E-state index contributed by atoms with van der Waals surface area (Å²) in [6, 6.07) is 9.72. The number of hydrogen-bond donors (Lipinski definition) is 2. The molecule has 2 amide bonds. The molecule has 126 valence electrons. The molecule has 0 spiro atoms. The molecule has 0 aliphatic heterocycles. The zero-order valence-electron chi connectivity index (χ0n) is 12.8. The van der Waals surface area contributed by atoms with Crippen LogP contribution in [0.5, 0.6) is 0 Å². The van der Waals surface area contributed by atoms with Crippen molar-refractivity contribution in [2.75, 3.05) is 6.54 Å². The topological polar surface area (TPSA) is 58.2 Å². The molecule has 2 aromatic rings. The van der Waals surface area contributed by atoms with E-state index >= 15 is 0 Å². The van der Waals surface area contributed by atoms with Gasteiger partial charge < -0.3 is 10.6 Å². The fourth-order valence-electron chi connectivity index (χ4n) is 2.09. The normalized spacial score (nSPS) is 11.7. The van der Waals surface area contributed by atoms with Gasteiger partial charge in [0.25, 0.3) is 5.91 Å². The molecule has 0 aliphatic rings. The first-order chi connectivity index (χ1) is 11.4. The van der Waals surface area contributed by atoms with E-state index in [0.29, 0.717) is 10.0 Å². The lowest BCUT2D eigenvalue weighted by Gasteiger charge is -2.16. The lowest BCUT2D eigenvalue weighted by atomic mass is 10.1. The van der Waals surface area contributed by atoms with Gasteiger partial charge in [-0.25, -0.2) is 4.39 Å². The second-order valence-electron chi connectivity index (χ2n) is 5.14. The molecule has 0 aromatic heterocycles.